The Bertz CT molecular complexity index is 983. The Hall–Kier alpha value is -2.68. The van der Waals surface area contributed by atoms with E-state index in [-0.39, 0.29) is 17.9 Å². The van der Waals surface area contributed by atoms with Gasteiger partial charge in [0.1, 0.15) is 0 Å². The molecule has 5 rings (SSSR count). The lowest BCUT2D eigenvalue weighted by molar-refractivity contribution is -0.147. The molecule has 4 atom stereocenters. The van der Waals surface area contributed by atoms with E-state index >= 15 is 0 Å². The van der Waals surface area contributed by atoms with Crippen LogP contribution in [0.2, 0.25) is 0 Å². The number of benzene rings is 2. The molecule has 1 saturated heterocycles. The standard InChI is InChI=1S/C26H29N3O2/c27-14-18-7-6-8-19(13-18)15-29-16-22-23(17-29)24(22)28-25(30)26(31,21-11-4-5-12-21)20-9-2-1-3-10-20/h1-3,6-10,13,21-24,31H,4-5,11-12,15-17H2,(H,28,30)/t22-,23?,24+,26?/m0/s1. The van der Waals surface area contributed by atoms with E-state index in [2.05, 4.69) is 22.4 Å². The Morgan fingerprint density at radius 2 is 1.81 bits per heavy atom. The SMILES string of the molecule is N#Cc1cccc(CN2CC3[C@H](C2)[C@H]3NC(=O)C(O)(c2ccccc2)C2CCCC2)c1. The number of fused-ring (bicyclic) bond motifs is 1. The summed E-state index contributed by atoms with van der Waals surface area (Å²) < 4.78 is 0. The molecule has 31 heavy (non-hydrogen) atoms. The number of piperidine rings is 1. The van der Waals surface area contributed by atoms with Crippen molar-refractivity contribution in [2.45, 2.75) is 43.9 Å². The van der Waals surface area contributed by atoms with Gasteiger partial charge in [0.25, 0.3) is 5.91 Å². The third-order valence-electron chi connectivity index (χ3n) is 7.54. The van der Waals surface area contributed by atoms with E-state index in [0.29, 0.717) is 23.0 Å². The predicted octanol–water partition coefficient (Wildman–Crippen LogP) is 3.18. The van der Waals surface area contributed by atoms with Crippen LogP contribution < -0.4 is 5.32 Å². The molecule has 0 spiro atoms. The molecule has 2 aromatic rings. The van der Waals surface area contributed by atoms with E-state index in [1.54, 1.807) is 0 Å². The Kier molecular flexibility index (Phi) is 5.29. The molecule has 5 heteroatoms. The zero-order valence-corrected chi connectivity index (χ0v) is 17.7. The number of nitriles is 1. The number of amides is 1. The van der Waals surface area contributed by atoms with Crippen LogP contribution in [-0.4, -0.2) is 35.0 Å². The fourth-order valence-electron chi connectivity index (χ4n) is 5.80. The number of carbonyl (C=O) groups excluding carboxylic acids is 1. The zero-order valence-electron chi connectivity index (χ0n) is 17.7. The van der Waals surface area contributed by atoms with Crippen LogP contribution in [-0.2, 0) is 16.9 Å². The molecule has 2 N–H and O–H groups in total. The van der Waals surface area contributed by atoms with Crippen LogP contribution in [0.3, 0.4) is 0 Å². The van der Waals surface area contributed by atoms with Gasteiger partial charge in [0.2, 0.25) is 0 Å². The summed E-state index contributed by atoms with van der Waals surface area (Å²) in [6.07, 6.45) is 3.94. The van der Waals surface area contributed by atoms with Gasteiger partial charge in [-0.25, -0.2) is 0 Å². The average molecular weight is 416 g/mol. The van der Waals surface area contributed by atoms with Crippen molar-refractivity contribution in [3.8, 4) is 6.07 Å². The van der Waals surface area contributed by atoms with Gasteiger partial charge in [-0.2, -0.15) is 5.26 Å². The largest absolute Gasteiger partial charge is 0.375 e. The molecule has 0 bridgehead atoms. The first-order valence-electron chi connectivity index (χ1n) is 11.4. The average Bonchev–Trinajstić information content (AvgIpc) is 3.21. The predicted molar refractivity (Wildman–Crippen MR) is 118 cm³/mol. The fraction of sp³-hybridized carbons (Fsp3) is 0.462. The highest BCUT2D eigenvalue weighted by Crippen LogP contribution is 2.47. The minimum absolute atomic E-state index is 0.0163. The van der Waals surface area contributed by atoms with Crippen molar-refractivity contribution in [3.63, 3.8) is 0 Å². The molecule has 3 aliphatic rings. The Morgan fingerprint density at radius 1 is 1.10 bits per heavy atom. The van der Waals surface area contributed by atoms with Crippen molar-refractivity contribution in [2.24, 2.45) is 17.8 Å². The van der Waals surface area contributed by atoms with Crippen molar-refractivity contribution < 1.29 is 9.90 Å². The molecule has 1 amide bonds. The smallest absolute Gasteiger partial charge is 0.257 e. The number of carbonyl (C=O) groups is 1. The third kappa shape index (κ3) is 3.75. The molecule has 0 aromatic heterocycles. The molecule has 1 aliphatic heterocycles. The summed E-state index contributed by atoms with van der Waals surface area (Å²) in [6.45, 7) is 2.72. The van der Waals surface area contributed by atoms with Gasteiger partial charge in [0.05, 0.1) is 11.6 Å². The molecule has 2 saturated carbocycles. The third-order valence-corrected chi connectivity index (χ3v) is 7.54. The summed E-state index contributed by atoms with van der Waals surface area (Å²) in [5.41, 5.74) is 1.12. The van der Waals surface area contributed by atoms with E-state index < -0.39 is 5.60 Å². The molecule has 2 aromatic carbocycles. The fourth-order valence-corrected chi connectivity index (χ4v) is 5.80. The number of rotatable bonds is 6. The zero-order chi connectivity index (χ0) is 21.4. The Balaban J connectivity index is 1.22. The summed E-state index contributed by atoms with van der Waals surface area (Å²) in [4.78, 5) is 15.8. The van der Waals surface area contributed by atoms with Crippen LogP contribution in [0.5, 0.6) is 0 Å². The molecular formula is C26H29N3O2. The molecule has 1 heterocycles. The van der Waals surface area contributed by atoms with Crippen molar-refractivity contribution in [1.82, 2.24) is 10.2 Å². The van der Waals surface area contributed by atoms with Gasteiger partial charge in [-0.3, -0.25) is 9.69 Å². The number of nitrogens with zero attached hydrogens (tertiary/aromatic N) is 2. The molecule has 160 valence electrons. The minimum atomic E-state index is -1.44. The highest BCUT2D eigenvalue weighted by atomic mass is 16.3. The second-order valence-electron chi connectivity index (χ2n) is 9.45. The van der Waals surface area contributed by atoms with Crippen LogP contribution in [0, 0.1) is 29.1 Å². The monoisotopic (exact) mass is 415 g/mol. The van der Waals surface area contributed by atoms with Crippen LogP contribution in [0.25, 0.3) is 0 Å². The first-order chi connectivity index (χ1) is 15.1. The van der Waals surface area contributed by atoms with Crippen molar-refractivity contribution in [3.05, 3.63) is 71.3 Å². The molecule has 3 fully saturated rings. The lowest BCUT2D eigenvalue weighted by Gasteiger charge is -2.33. The van der Waals surface area contributed by atoms with Crippen molar-refractivity contribution >= 4 is 5.91 Å². The van der Waals surface area contributed by atoms with Gasteiger partial charge >= 0.3 is 0 Å². The second-order valence-corrected chi connectivity index (χ2v) is 9.45. The summed E-state index contributed by atoms with van der Waals surface area (Å²) in [5, 5.41) is 23.9. The van der Waals surface area contributed by atoms with Crippen molar-refractivity contribution in [2.75, 3.05) is 13.1 Å². The number of hydrogen-bond donors (Lipinski definition) is 2. The number of nitrogens with one attached hydrogen (secondary N) is 1. The molecule has 2 aliphatic carbocycles. The Labute approximate surface area is 183 Å². The van der Waals surface area contributed by atoms with Gasteiger partial charge in [-0.15, -0.1) is 0 Å². The van der Waals surface area contributed by atoms with E-state index in [4.69, 9.17) is 5.26 Å². The van der Waals surface area contributed by atoms with Gasteiger partial charge < -0.3 is 10.4 Å². The summed E-state index contributed by atoms with van der Waals surface area (Å²) in [5.74, 6) is 0.661. The molecule has 2 unspecified atom stereocenters. The maximum Gasteiger partial charge on any atom is 0.257 e. The van der Waals surface area contributed by atoms with E-state index in [0.717, 1.165) is 50.9 Å². The summed E-state index contributed by atoms with van der Waals surface area (Å²) in [6, 6.07) is 19.6. The second kappa shape index (κ2) is 8.11. The minimum Gasteiger partial charge on any atom is -0.375 e. The maximum atomic E-state index is 13.4. The Morgan fingerprint density at radius 3 is 2.48 bits per heavy atom. The number of likely N-dealkylation sites (tertiary alicyclic amines) is 1. The topological polar surface area (TPSA) is 76.4 Å². The lowest BCUT2D eigenvalue weighted by Crippen LogP contribution is -2.50. The normalized spacial score (nSPS) is 27.3. The molecule has 0 radical (unpaired) electrons. The number of hydrogen-bond acceptors (Lipinski definition) is 4. The van der Waals surface area contributed by atoms with E-state index in [9.17, 15) is 9.90 Å². The van der Waals surface area contributed by atoms with Crippen LogP contribution >= 0.6 is 0 Å². The highest BCUT2D eigenvalue weighted by Gasteiger charge is 2.58. The lowest BCUT2D eigenvalue weighted by atomic mass is 9.79. The van der Waals surface area contributed by atoms with Gasteiger partial charge in [-0.05, 0) is 47.9 Å². The van der Waals surface area contributed by atoms with Crippen molar-refractivity contribution in [1.29, 1.82) is 5.26 Å². The summed E-state index contributed by atoms with van der Waals surface area (Å²) in [7, 11) is 0. The quantitative estimate of drug-likeness (QED) is 0.760. The highest BCUT2D eigenvalue weighted by molar-refractivity contribution is 5.87. The summed E-state index contributed by atoms with van der Waals surface area (Å²) >= 11 is 0. The van der Waals surface area contributed by atoms with Crippen LogP contribution in [0.1, 0.15) is 42.4 Å². The van der Waals surface area contributed by atoms with Crippen LogP contribution in [0.15, 0.2) is 54.6 Å². The first kappa shape index (κ1) is 20.2. The van der Waals surface area contributed by atoms with E-state index in [1.807, 2.05) is 48.5 Å². The van der Waals surface area contributed by atoms with E-state index in [1.165, 1.54) is 0 Å². The molecular weight excluding hydrogens is 386 g/mol. The number of aliphatic hydroxyl groups is 1. The first-order valence-corrected chi connectivity index (χ1v) is 11.4. The van der Waals surface area contributed by atoms with Gasteiger partial charge in [0.15, 0.2) is 5.60 Å². The van der Waals surface area contributed by atoms with Gasteiger partial charge in [-0.1, -0.05) is 55.3 Å². The molecule has 5 nitrogen and oxygen atoms in total. The van der Waals surface area contributed by atoms with Crippen LogP contribution in [0.4, 0.5) is 0 Å². The van der Waals surface area contributed by atoms with Gasteiger partial charge in [0, 0.05) is 31.6 Å². The maximum absolute atomic E-state index is 13.4.